The molecule has 30 heteroatoms. The first-order valence-corrected chi connectivity index (χ1v) is 32.8. The monoisotopic (exact) mass is 1460 g/mol. The number of anilines is 4. The SMILES string of the molecule is [2H]C([2H])([2H])C([2H])(O)C([2H])(n1ncn(-c2ccc(N3CCN(c4ccc(OC[C@@H]5CO[C@@](Cn6cncn6)(c6ccc(Cl)cc6Cl)O5)cc4)CC3)cc2)c1=O)C([2H])([2H])[2H].[2H]C([2H])([2H])C([2H])(O)C([2H])(n1ncn(-c2ccc(N3CCN(c4ccc(OC[C@H]5CO[C@](Cn6cncn6)(c6ccc(Cl)cc6Cl)O5)cc4)CC3)cc2)c1=O)C([2H])([2H])[2H]. The Kier molecular flexibility index (Phi) is 16.0. The second-order valence-electron chi connectivity index (χ2n) is 23.4. The van der Waals surface area contributed by atoms with Gasteiger partial charge in [-0.3, -0.25) is 0 Å². The van der Waals surface area contributed by atoms with Crippen molar-refractivity contribution in [2.24, 2.45) is 0 Å². The van der Waals surface area contributed by atoms with Crippen molar-refractivity contribution in [3.8, 4) is 22.9 Å². The van der Waals surface area contributed by atoms with E-state index in [0.29, 0.717) is 95.1 Å². The van der Waals surface area contributed by atoms with Crippen LogP contribution in [0.4, 0.5) is 22.7 Å². The van der Waals surface area contributed by atoms with Crippen LogP contribution >= 0.6 is 46.4 Å². The summed E-state index contributed by atoms with van der Waals surface area (Å²) in [5.41, 5.74) is 3.07. The zero-order chi connectivity index (χ0) is 83.3. The van der Waals surface area contributed by atoms with Gasteiger partial charge in [-0.15, -0.1) is 0 Å². The van der Waals surface area contributed by atoms with Crippen LogP contribution in [-0.4, -0.2) is 172 Å². The first-order valence-electron chi connectivity index (χ1n) is 39.3. The molecule has 4 fully saturated rings. The number of hydrogen-bond donors (Lipinski definition) is 2. The number of ether oxygens (including phenoxy) is 6. The molecule has 4 saturated heterocycles. The van der Waals surface area contributed by atoms with E-state index in [4.69, 9.17) is 96.8 Å². The molecule has 8 heterocycles. The Bertz CT molecular complexity index is 4850. The quantitative estimate of drug-likeness (QED) is 0.0642. The Morgan fingerprint density at radius 1 is 0.490 bits per heavy atom. The Morgan fingerprint density at radius 2 is 0.840 bits per heavy atom. The zero-order valence-corrected chi connectivity index (χ0v) is 56.1. The number of rotatable bonds is 22. The lowest BCUT2D eigenvalue weighted by atomic mass is 10.1. The molecular weight excluding hydrogens is 1370 g/mol. The molecule has 0 radical (unpaired) electrons. The average molecular weight is 1460 g/mol. The van der Waals surface area contributed by atoms with Crippen molar-refractivity contribution in [3.05, 3.63) is 224 Å². The van der Waals surface area contributed by atoms with Gasteiger partial charge in [0.2, 0.25) is 11.6 Å². The molecule has 0 bridgehead atoms. The molecule has 10 aromatic rings. The standard InChI is InChI=1S/2C35H38Cl2N8O5/c2*1-24(25(2)46)45-34(47)44(23-40-45)29-6-4-27(5-7-29)41-13-15-42(16-14-41)28-8-10-30(11-9-28)48-18-31-19-49-35(50-31,20-43-22-38-21-39-43)32-12-3-26(36)17-33(32)37/h2*3-12,17,21-25,31,46H,13-16,18-20H2,1-2H3/t2*24?,25?,31-,35-/m10/s1/i2*1D3,2D3,24D,25D. The van der Waals surface area contributed by atoms with Crippen LogP contribution in [0.15, 0.2) is 181 Å². The van der Waals surface area contributed by atoms with E-state index in [1.54, 1.807) is 107 Å². The van der Waals surface area contributed by atoms with E-state index in [2.05, 4.69) is 50.0 Å². The van der Waals surface area contributed by atoms with Crippen LogP contribution < -0.4 is 40.5 Å². The minimum absolute atomic E-state index is 0.0247. The molecule has 4 aromatic heterocycles. The predicted molar refractivity (Wildman–Crippen MR) is 379 cm³/mol. The third kappa shape index (κ3) is 15.6. The summed E-state index contributed by atoms with van der Waals surface area (Å²) in [6, 6.07) is 32.0. The number of piperazine rings is 2. The first-order chi connectivity index (χ1) is 54.7. The highest BCUT2D eigenvalue weighted by Gasteiger charge is 2.47. The molecule has 0 saturated carbocycles. The average Bonchev–Trinajstić information content (AvgIpc) is 1.54. The fourth-order valence-corrected chi connectivity index (χ4v) is 13.1. The number of benzene rings is 6. The van der Waals surface area contributed by atoms with Crippen LogP contribution in [0.2, 0.25) is 20.1 Å². The minimum atomic E-state index is -3.90. The Balaban J connectivity index is 0.000000202. The van der Waals surface area contributed by atoms with Gasteiger partial charge in [-0.1, -0.05) is 58.5 Å². The highest BCUT2D eigenvalue weighted by molar-refractivity contribution is 6.35. The number of nitrogens with zero attached hydrogens (tertiary/aromatic N) is 16. The van der Waals surface area contributed by atoms with Crippen LogP contribution in [0.25, 0.3) is 11.4 Å². The maximum Gasteiger partial charge on any atom is 0.350 e. The lowest BCUT2D eigenvalue weighted by Gasteiger charge is -2.37. The number of halogens is 4. The summed E-state index contributed by atoms with van der Waals surface area (Å²) < 4.78 is 167. The van der Waals surface area contributed by atoms with E-state index in [0.717, 1.165) is 44.5 Å². The molecular formula is C70H76Cl4N16O10. The van der Waals surface area contributed by atoms with Gasteiger partial charge >= 0.3 is 11.4 Å². The second-order valence-corrected chi connectivity index (χ2v) is 25.1. The number of aliphatic hydroxyl groups is 2. The van der Waals surface area contributed by atoms with Crippen LogP contribution in [0.1, 0.15) is 72.5 Å². The van der Waals surface area contributed by atoms with Gasteiger partial charge in [0.15, 0.2) is 0 Å². The van der Waals surface area contributed by atoms with Crippen molar-refractivity contribution in [3.63, 3.8) is 0 Å². The summed E-state index contributed by atoms with van der Waals surface area (Å²) >= 11 is 25.4. The molecule has 0 spiro atoms. The van der Waals surface area contributed by atoms with E-state index in [1.165, 1.54) is 12.7 Å². The fraction of sp³-hybridized carbons (Fsp3) is 0.371. The van der Waals surface area contributed by atoms with Gasteiger partial charge in [-0.2, -0.15) is 20.4 Å². The summed E-state index contributed by atoms with van der Waals surface area (Å²) in [6.07, 6.45) is -0.779. The summed E-state index contributed by atoms with van der Waals surface area (Å²) in [5, 5.41) is 38.6. The molecule has 100 heavy (non-hydrogen) atoms. The third-order valence-corrected chi connectivity index (χ3v) is 18.2. The Hall–Kier alpha value is -8.80. The van der Waals surface area contributed by atoms with Gasteiger partial charge in [0.05, 0.1) is 64.3 Å². The van der Waals surface area contributed by atoms with E-state index in [1.807, 2.05) is 48.5 Å². The van der Waals surface area contributed by atoms with Crippen molar-refractivity contribution in [2.45, 2.75) is 88.5 Å². The Labute approximate surface area is 618 Å². The third-order valence-electron chi connectivity index (χ3n) is 17.1. The molecule has 6 aromatic carbocycles. The topological polar surface area (TPSA) is 250 Å². The Morgan fingerprint density at radius 3 is 1.16 bits per heavy atom. The van der Waals surface area contributed by atoms with Gasteiger partial charge in [-0.05, 0) is 149 Å². The van der Waals surface area contributed by atoms with Crippen molar-refractivity contribution < 1.29 is 60.6 Å². The number of aromatic nitrogens is 12. The van der Waals surface area contributed by atoms with E-state index in [9.17, 15) is 19.8 Å². The van der Waals surface area contributed by atoms with Crippen molar-refractivity contribution in [1.82, 2.24) is 58.2 Å². The van der Waals surface area contributed by atoms with Crippen molar-refractivity contribution in [2.75, 3.05) is 98.4 Å². The maximum absolute atomic E-state index is 13.3. The molecule has 524 valence electrons. The van der Waals surface area contributed by atoms with Crippen molar-refractivity contribution in [1.29, 1.82) is 0 Å². The van der Waals surface area contributed by atoms with Gasteiger partial charge in [0, 0.05) is 113 Å². The normalized spacial score (nSPS) is 24.7. The summed E-state index contributed by atoms with van der Waals surface area (Å²) in [7, 11) is 0. The molecule has 2 N–H and O–H groups in total. The van der Waals surface area contributed by atoms with Crippen molar-refractivity contribution >= 4 is 69.2 Å². The summed E-state index contributed by atoms with van der Waals surface area (Å²) in [4.78, 5) is 43.5. The van der Waals surface area contributed by atoms with Crippen LogP contribution in [0.3, 0.4) is 0 Å². The second kappa shape index (κ2) is 30.6. The van der Waals surface area contributed by atoms with Crippen LogP contribution in [0, 0.1) is 0 Å². The van der Waals surface area contributed by atoms with E-state index >= 15 is 0 Å². The molecule has 14 rings (SSSR count). The molecule has 0 amide bonds. The molecule has 0 aliphatic carbocycles. The summed E-state index contributed by atoms with van der Waals surface area (Å²) in [5.74, 6) is -1.12. The van der Waals surface area contributed by atoms with E-state index in [-0.39, 0.29) is 60.3 Å². The lowest BCUT2D eigenvalue weighted by molar-refractivity contribution is -0.191. The largest absolute Gasteiger partial charge is 0.491 e. The molecule has 4 aliphatic rings. The summed E-state index contributed by atoms with van der Waals surface area (Å²) in [6.45, 7) is -7.57. The predicted octanol–water partition coefficient (Wildman–Crippen LogP) is 9.10. The molecule has 4 unspecified atom stereocenters. The van der Waals surface area contributed by atoms with Gasteiger partial charge in [0.1, 0.15) is 88.0 Å². The van der Waals surface area contributed by atoms with Crippen LogP contribution in [-0.2, 0) is 43.6 Å². The lowest BCUT2D eigenvalue weighted by Crippen LogP contribution is -2.46. The van der Waals surface area contributed by atoms with Gasteiger partial charge in [-0.25, -0.2) is 47.4 Å². The smallest absolute Gasteiger partial charge is 0.350 e. The highest BCUT2D eigenvalue weighted by atomic mass is 35.5. The minimum Gasteiger partial charge on any atom is -0.491 e. The molecule has 26 nitrogen and oxygen atoms in total. The first kappa shape index (κ1) is 52.2. The zero-order valence-electron chi connectivity index (χ0n) is 69.0. The van der Waals surface area contributed by atoms with Gasteiger partial charge in [0.25, 0.3) is 0 Å². The number of hydrogen-bond acceptors (Lipinski definition) is 20. The van der Waals surface area contributed by atoms with Gasteiger partial charge < -0.3 is 58.2 Å². The fourth-order valence-electron chi connectivity index (χ4n) is 12.0. The maximum atomic E-state index is 13.3. The van der Waals surface area contributed by atoms with E-state index < -0.39 is 86.8 Å². The molecule has 4 aliphatic heterocycles. The molecule has 8 atom stereocenters. The van der Waals surface area contributed by atoms with Crippen LogP contribution in [0.5, 0.6) is 11.5 Å². The highest BCUT2D eigenvalue weighted by Crippen LogP contribution is 2.43.